The van der Waals surface area contributed by atoms with E-state index in [0.29, 0.717) is 5.76 Å². The molecule has 2 rings (SSSR count). The van der Waals surface area contributed by atoms with Gasteiger partial charge in [-0.2, -0.15) is 13.2 Å². The molecule has 0 aliphatic carbocycles. The molecule has 2 aromatic rings. The molecule has 0 saturated heterocycles. The zero-order chi connectivity index (χ0) is 17.9. The Morgan fingerprint density at radius 3 is 2.58 bits per heavy atom. The Morgan fingerprint density at radius 2 is 2.00 bits per heavy atom. The first kappa shape index (κ1) is 18.2. The number of halogens is 4. The van der Waals surface area contributed by atoms with Crippen LogP contribution in [-0.2, 0) is 17.5 Å². The van der Waals surface area contributed by atoms with E-state index in [1.165, 1.54) is 11.0 Å². The lowest BCUT2D eigenvalue weighted by atomic mass is 10.2. The molecule has 0 aliphatic rings. The van der Waals surface area contributed by atoms with Gasteiger partial charge in [0.1, 0.15) is 11.5 Å². The molecule has 0 fully saturated rings. The fourth-order valence-electron chi connectivity index (χ4n) is 2.06. The Kier molecular flexibility index (Phi) is 5.43. The summed E-state index contributed by atoms with van der Waals surface area (Å²) in [5.74, 6) is 1.09. The largest absolute Gasteiger partial charge is 0.464 e. The van der Waals surface area contributed by atoms with Crippen LogP contribution in [-0.4, -0.2) is 24.4 Å². The van der Waals surface area contributed by atoms with Gasteiger partial charge in [-0.25, -0.2) is 0 Å². The van der Waals surface area contributed by atoms with Crippen LogP contribution >= 0.6 is 11.6 Å². The van der Waals surface area contributed by atoms with Crippen LogP contribution in [0.3, 0.4) is 0 Å². The molecule has 0 aliphatic heterocycles. The number of benzene rings is 1. The minimum Gasteiger partial charge on any atom is -0.464 e. The predicted octanol–water partition coefficient (Wildman–Crippen LogP) is 4.33. The van der Waals surface area contributed by atoms with Crippen molar-refractivity contribution in [2.24, 2.45) is 0 Å². The van der Waals surface area contributed by atoms with E-state index < -0.39 is 11.7 Å². The second kappa shape index (κ2) is 7.17. The van der Waals surface area contributed by atoms with E-state index in [4.69, 9.17) is 16.0 Å². The van der Waals surface area contributed by atoms with E-state index in [-0.39, 0.29) is 29.7 Å². The number of alkyl halides is 3. The first-order valence-corrected chi connectivity index (χ1v) is 7.44. The lowest BCUT2D eigenvalue weighted by Crippen LogP contribution is -2.31. The number of carbonyl (C=O) groups excluding carboxylic acids is 1. The number of nitrogens with zero attached hydrogens (tertiary/aromatic N) is 1. The molecule has 0 saturated carbocycles. The van der Waals surface area contributed by atoms with E-state index in [1.807, 2.05) is 0 Å². The highest BCUT2D eigenvalue weighted by Gasteiger charge is 2.33. The number of hydrogen-bond acceptors (Lipinski definition) is 3. The highest BCUT2D eigenvalue weighted by molar-refractivity contribution is 6.31. The standard InChI is InChI=1S/C16H16ClF3N2O2/c1-10-3-5-12(24-10)9-22(2)15(23)8-21-11-4-6-14(17)13(7-11)16(18,19)20/h3-7,21H,8-9H2,1-2H3. The zero-order valence-corrected chi connectivity index (χ0v) is 13.8. The maximum absolute atomic E-state index is 12.8. The van der Waals surface area contributed by atoms with Crippen LogP contribution in [0.5, 0.6) is 0 Å². The minimum atomic E-state index is -4.55. The second-order valence-corrected chi connectivity index (χ2v) is 5.72. The van der Waals surface area contributed by atoms with Crippen molar-refractivity contribution in [3.63, 3.8) is 0 Å². The zero-order valence-electron chi connectivity index (χ0n) is 13.1. The quantitative estimate of drug-likeness (QED) is 0.863. The van der Waals surface area contributed by atoms with Crippen LogP contribution in [0, 0.1) is 6.92 Å². The normalized spacial score (nSPS) is 11.4. The van der Waals surface area contributed by atoms with Gasteiger partial charge in [-0.1, -0.05) is 11.6 Å². The fourth-order valence-corrected chi connectivity index (χ4v) is 2.28. The van der Waals surface area contributed by atoms with Crippen molar-refractivity contribution in [3.8, 4) is 0 Å². The van der Waals surface area contributed by atoms with Gasteiger partial charge >= 0.3 is 6.18 Å². The van der Waals surface area contributed by atoms with E-state index in [9.17, 15) is 18.0 Å². The Morgan fingerprint density at radius 1 is 1.29 bits per heavy atom. The number of carbonyl (C=O) groups is 1. The number of nitrogens with one attached hydrogen (secondary N) is 1. The van der Waals surface area contributed by atoms with Gasteiger partial charge in [0.05, 0.1) is 23.7 Å². The highest BCUT2D eigenvalue weighted by Crippen LogP contribution is 2.36. The van der Waals surface area contributed by atoms with Gasteiger partial charge in [0.15, 0.2) is 0 Å². The molecule has 1 heterocycles. The SMILES string of the molecule is Cc1ccc(CN(C)C(=O)CNc2ccc(Cl)c(C(F)(F)F)c2)o1. The molecule has 0 bridgehead atoms. The summed E-state index contributed by atoms with van der Waals surface area (Å²) in [6.07, 6.45) is -4.55. The number of amides is 1. The lowest BCUT2D eigenvalue weighted by Gasteiger charge is -2.17. The third-order valence-electron chi connectivity index (χ3n) is 3.33. The summed E-state index contributed by atoms with van der Waals surface area (Å²) in [7, 11) is 1.59. The summed E-state index contributed by atoms with van der Waals surface area (Å²) in [6, 6.07) is 6.97. The van der Waals surface area contributed by atoms with Gasteiger partial charge < -0.3 is 14.6 Å². The summed E-state index contributed by atoms with van der Waals surface area (Å²) in [5.41, 5.74) is -0.775. The molecule has 1 amide bonds. The van der Waals surface area contributed by atoms with Crippen molar-refractivity contribution in [1.29, 1.82) is 0 Å². The molecule has 0 unspecified atom stereocenters. The molecule has 1 aromatic carbocycles. The van der Waals surface area contributed by atoms with E-state index in [2.05, 4.69) is 5.32 Å². The average molecular weight is 361 g/mol. The molecular weight excluding hydrogens is 345 g/mol. The van der Waals surface area contributed by atoms with Crippen molar-refractivity contribution in [2.45, 2.75) is 19.6 Å². The number of hydrogen-bond donors (Lipinski definition) is 1. The summed E-state index contributed by atoms with van der Waals surface area (Å²) in [5, 5.41) is 2.29. The molecule has 24 heavy (non-hydrogen) atoms. The summed E-state index contributed by atoms with van der Waals surface area (Å²) >= 11 is 5.55. The number of anilines is 1. The van der Waals surface area contributed by atoms with Crippen molar-refractivity contribution in [3.05, 3.63) is 52.4 Å². The molecule has 0 radical (unpaired) electrons. The van der Waals surface area contributed by atoms with Gasteiger partial charge in [0, 0.05) is 12.7 Å². The maximum atomic E-state index is 12.8. The monoisotopic (exact) mass is 360 g/mol. The summed E-state index contributed by atoms with van der Waals surface area (Å²) < 4.78 is 43.8. The van der Waals surface area contributed by atoms with Gasteiger partial charge in [0.25, 0.3) is 0 Å². The van der Waals surface area contributed by atoms with E-state index in [1.54, 1.807) is 26.1 Å². The van der Waals surface area contributed by atoms with Gasteiger partial charge in [0.2, 0.25) is 5.91 Å². The summed E-state index contributed by atoms with van der Waals surface area (Å²) in [6.45, 7) is 1.93. The molecule has 4 nitrogen and oxygen atoms in total. The Hall–Kier alpha value is -2.15. The Bertz CT molecular complexity index is 728. The van der Waals surface area contributed by atoms with Gasteiger partial charge in [-0.3, -0.25) is 4.79 Å². The third-order valence-corrected chi connectivity index (χ3v) is 3.66. The molecule has 130 valence electrons. The second-order valence-electron chi connectivity index (χ2n) is 5.31. The molecule has 0 atom stereocenters. The fraction of sp³-hybridized carbons (Fsp3) is 0.312. The average Bonchev–Trinajstić information content (AvgIpc) is 2.90. The van der Waals surface area contributed by atoms with E-state index >= 15 is 0 Å². The van der Waals surface area contributed by atoms with Gasteiger partial charge in [-0.15, -0.1) is 0 Å². The highest BCUT2D eigenvalue weighted by atomic mass is 35.5. The van der Waals surface area contributed by atoms with Crippen molar-refractivity contribution in [1.82, 2.24) is 4.90 Å². The third kappa shape index (κ3) is 4.67. The van der Waals surface area contributed by atoms with Gasteiger partial charge in [-0.05, 0) is 37.3 Å². The molecule has 1 aromatic heterocycles. The van der Waals surface area contributed by atoms with Crippen LogP contribution in [0.4, 0.5) is 18.9 Å². The van der Waals surface area contributed by atoms with Crippen LogP contribution in [0.2, 0.25) is 5.02 Å². The maximum Gasteiger partial charge on any atom is 0.417 e. The topological polar surface area (TPSA) is 45.5 Å². The van der Waals surface area contributed by atoms with Crippen molar-refractivity contribution in [2.75, 3.05) is 18.9 Å². The number of likely N-dealkylation sites (N-methyl/N-ethyl adjacent to an activating group) is 1. The van der Waals surface area contributed by atoms with Crippen LogP contribution < -0.4 is 5.32 Å². The Labute approximate surface area is 142 Å². The first-order valence-electron chi connectivity index (χ1n) is 7.06. The lowest BCUT2D eigenvalue weighted by molar-refractivity contribution is -0.137. The smallest absolute Gasteiger partial charge is 0.417 e. The van der Waals surface area contributed by atoms with Crippen molar-refractivity contribution < 1.29 is 22.4 Å². The first-order chi connectivity index (χ1) is 11.2. The molecule has 0 spiro atoms. The van der Waals surface area contributed by atoms with Crippen LogP contribution in [0.15, 0.2) is 34.7 Å². The number of aryl methyl sites for hydroxylation is 1. The molecular formula is C16H16ClF3N2O2. The number of furan rings is 1. The van der Waals surface area contributed by atoms with Crippen LogP contribution in [0.1, 0.15) is 17.1 Å². The predicted molar refractivity (Wildman–Crippen MR) is 84.9 cm³/mol. The molecule has 1 N–H and O–H groups in total. The Balaban J connectivity index is 1.96. The summed E-state index contributed by atoms with van der Waals surface area (Å²) in [4.78, 5) is 13.5. The minimum absolute atomic E-state index is 0.144. The number of rotatable bonds is 5. The molecule has 8 heteroatoms. The van der Waals surface area contributed by atoms with Crippen molar-refractivity contribution >= 4 is 23.2 Å². The van der Waals surface area contributed by atoms with E-state index in [0.717, 1.165) is 17.9 Å². The van der Waals surface area contributed by atoms with Crippen LogP contribution in [0.25, 0.3) is 0 Å².